The Labute approximate surface area is 166 Å². The highest BCUT2D eigenvalue weighted by molar-refractivity contribution is 7.22. The van der Waals surface area contributed by atoms with Crippen molar-refractivity contribution in [2.24, 2.45) is 0 Å². The van der Waals surface area contributed by atoms with Gasteiger partial charge in [-0.05, 0) is 36.1 Å². The van der Waals surface area contributed by atoms with Crippen molar-refractivity contribution in [2.45, 2.75) is 19.5 Å². The molecule has 4 aromatic rings. The lowest BCUT2D eigenvalue weighted by Crippen LogP contribution is -2.45. The third-order valence-corrected chi connectivity index (χ3v) is 6.28. The second-order valence-electron chi connectivity index (χ2n) is 7.07. The van der Waals surface area contributed by atoms with Crippen LogP contribution in [-0.2, 0) is 11.3 Å². The van der Waals surface area contributed by atoms with Crippen molar-refractivity contribution in [1.29, 1.82) is 0 Å². The summed E-state index contributed by atoms with van der Waals surface area (Å²) in [7, 11) is 1.71. The second-order valence-corrected chi connectivity index (χ2v) is 8.12. The van der Waals surface area contributed by atoms with E-state index in [0.717, 1.165) is 50.7 Å². The predicted octanol–water partition coefficient (Wildman–Crippen LogP) is 3.00. The smallest absolute Gasteiger partial charge is 0.152 e. The number of fused-ring (bicyclic) bond motifs is 2. The highest BCUT2D eigenvalue weighted by Gasteiger charge is 2.21. The van der Waals surface area contributed by atoms with Crippen molar-refractivity contribution in [3.8, 4) is 16.2 Å². The second kappa shape index (κ2) is 6.73. The number of benzene rings is 1. The van der Waals surface area contributed by atoms with Gasteiger partial charge in [-0.15, -0.1) is 11.3 Å². The number of nitrogen functional groups attached to an aromatic ring is 1. The molecule has 0 atom stereocenters. The monoisotopic (exact) mass is 395 g/mol. The van der Waals surface area contributed by atoms with E-state index < -0.39 is 0 Å². The zero-order valence-electron chi connectivity index (χ0n) is 15.7. The van der Waals surface area contributed by atoms with Crippen LogP contribution in [-0.4, -0.2) is 41.0 Å². The number of anilines is 1. The largest absolute Gasteiger partial charge is 0.495 e. The molecule has 3 N–H and O–H groups in total. The van der Waals surface area contributed by atoms with Crippen LogP contribution in [0.1, 0.15) is 11.3 Å². The van der Waals surface area contributed by atoms with Gasteiger partial charge in [-0.2, -0.15) is 5.10 Å². The molecule has 1 aliphatic rings. The summed E-state index contributed by atoms with van der Waals surface area (Å²) in [5.41, 5.74) is 10.3. The van der Waals surface area contributed by atoms with Gasteiger partial charge in [0, 0.05) is 17.0 Å². The highest BCUT2D eigenvalue weighted by atomic mass is 32.1. The number of rotatable bonds is 5. The summed E-state index contributed by atoms with van der Waals surface area (Å²) in [6.07, 6.45) is 1.50. The van der Waals surface area contributed by atoms with E-state index in [9.17, 15) is 0 Å². The molecule has 0 unspecified atom stereocenters. The number of hydrogen-bond acceptors (Lipinski definition) is 7. The third-order valence-electron chi connectivity index (χ3n) is 5.08. The molecule has 7 nitrogen and oxygen atoms in total. The molecule has 4 heterocycles. The molecule has 144 valence electrons. The van der Waals surface area contributed by atoms with Gasteiger partial charge >= 0.3 is 0 Å². The Morgan fingerprint density at radius 1 is 1.32 bits per heavy atom. The van der Waals surface area contributed by atoms with Crippen molar-refractivity contribution >= 4 is 32.8 Å². The molecule has 3 aromatic heterocycles. The van der Waals surface area contributed by atoms with Gasteiger partial charge in [0.15, 0.2) is 5.82 Å². The molecule has 1 saturated heterocycles. The van der Waals surface area contributed by atoms with Crippen LogP contribution < -0.4 is 15.8 Å². The third kappa shape index (κ3) is 2.81. The Morgan fingerprint density at radius 2 is 2.18 bits per heavy atom. The molecule has 5 rings (SSSR count). The molecule has 8 heteroatoms. The van der Waals surface area contributed by atoms with Gasteiger partial charge in [-0.25, -0.2) is 9.50 Å². The fourth-order valence-corrected chi connectivity index (χ4v) is 4.75. The lowest BCUT2D eigenvalue weighted by Gasteiger charge is -2.26. The van der Waals surface area contributed by atoms with Gasteiger partial charge in [-0.1, -0.05) is 6.07 Å². The first-order valence-electron chi connectivity index (χ1n) is 9.15. The molecule has 1 aliphatic heterocycles. The zero-order chi connectivity index (χ0) is 19.3. The van der Waals surface area contributed by atoms with Gasteiger partial charge in [0.25, 0.3) is 0 Å². The van der Waals surface area contributed by atoms with Crippen LogP contribution in [0.2, 0.25) is 0 Å². The number of hydrogen-bond donors (Lipinski definition) is 2. The first kappa shape index (κ1) is 17.4. The van der Waals surface area contributed by atoms with Crippen LogP contribution >= 0.6 is 11.3 Å². The number of thiophene rings is 1. The number of aryl methyl sites for hydroxylation is 1. The summed E-state index contributed by atoms with van der Waals surface area (Å²) in [5.74, 6) is 1.37. The molecule has 0 amide bonds. The van der Waals surface area contributed by atoms with Crippen molar-refractivity contribution in [1.82, 2.24) is 19.9 Å². The van der Waals surface area contributed by atoms with Crippen molar-refractivity contribution < 1.29 is 9.47 Å². The summed E-state index contributed by atoms with van der Waals surface area (Å²) in [4.78, 5) is 5.34. The van der Waals surface area contributed by atoms with E-state index in [4.69, 9.17) is 15.2 Å². The number of aromatic nitrogens is 3. The molecule has 28 heavy (non-hydrogen) atoms. The zero-order valence-corrected chi connectivity index (χ0v) is 16.5. The maximum Gasteiger partial charge on any atom is 0.152 e. The fourth-order valence-electron chi connectivity index (χ4n) is 3.60. The quantitative estimate of drug-likeness (QED) is 0.540. The molecular formula is C20H21N5O2S. The van der Waals surface area contributed by atoms with Gasteiger partial charge in [-0.3, -0.25) is 0 Å². The normalized spacial score (nSPS) is 14.6. The van der Waals surface area contributed by atoms with Crippen molar-refractivity contribution in [3.63, 3.8) is 0 Å². The van der Waals surface area contributed by atoms with Gasteiger partial charge in [0.05, 0.1) is 36.8 Å². The lowest BCUT2D eigenvalue weighted by molar-refractivity contribution is -0.00595. The predicted molar refractivity (Wildman–Crippen MR) is 111 cm³/mol. The highest BCUT2D eigenvalue weighted by Crippen LogP contribution is 2.42. The van der Waals surface area contributed by atoms with Crippen LogP contribution in [0.4, 0.5) is 5.82 Å². The summed E-state index contributed by atoms with van der Waals surface area (Å²) in [5, 5.41) is 9.11. The maximum absolute atomic E-state index is 6.24. The van der Waals surface area contributed by atoms with Crippen LogP contribution in [0.5, 0.6) is 5.75 Å². The van der Waals surface area contributed by atoms with Crippen LogP contribution in [0.15, 0.2) is 30.6 Å². The average Bonchev–Trinajstić information content (AvgIpc) is 3.22. The average molecular weight is 395 g/mol. The van der Waals surface area contributed by atoms with Crippen LogP contribution in [0.3, 0.4) is 0 Å². The standard InChI is InChI=1S/C20H21N5O2S/c1-11-3-12-5-17(28-19(12)16(4-11)26-2)15-6-14(7-22-13-8-27-9-13)25-18(15)20(21)23-10-24-25/h3-6,10,13,22H,7-9H2,1-2H3,(H2,21,23,24). The van der Waals surface area contributed by atoms with E-state index >= 15 is 0 Å². The fraction of sp³-hybridized carbons (Fsp3) is 0.300. The van der Waals surface area contributed by atoms with E-state index in [1.807, 2.05) is 4.52 Å². The Morgan fingerprint density at radius 3 is 2.93 bits per heavy atom. The molecular weight excluding hydrogens is 374 g/mol. The summed E-state index contributed by atoms with van der Waals surface area (Å²) in [6.45, 7) is 4.28. The Bertz CT molecular complexity index is 1180. The molecule has 0 radical (unpaired) electrons. The maximum atomic E-state index is 6.24. The number of nitrogens with zero attached hydrogens (tertiary/aromatic N) is 3. The summed E-state index contributed by atoms with van der Waals surface area (Å²) >= 11 is 1.70. The first-order valence-corrected chi connectivity index (χ1v) is 9.96. The van der Waals surface area contributed by atoms with E-state index in [1.54, 1.807) is 18.4 Å². The van der Waals surface area contributed by atoms with E-state index in [0.29, 0.717) is 18.4 Å². The summed E-state index contributed by atoms with van der Waals surface area (Å²) < 4.78 is 13.9. The van der Waals surface area contributed by atoms with Crippen molar-refractivity contribution in [2.75, 3.05) is 26.1 Å². The Kier molecular flexibility index (Phi) is 4.19. The topological polar surface area (TPSA) is 86.7 Å². The molecule has 0 spiro atoms. The molecule has 0 aliphatic carbocycles. The minimum atomic E-state index is 0.393. The van der Waals surface area contributed by atoms with Gasteiger partial charge < -0.3 is 20.5 Å². The number of methoxy groups -OCH3 is 1. The van der Waals surface area contributed by atoms with Gasteiger partial charge in [0.2, 0.25) is 0 Å². The number of ether oxygens (including phenoxy) is 2. The molecule has 1 fully saturated rings. The summed E-state index contributed by atoms with van der Waals surface area (Å²) in [6, 6.07) is 8.97. The molecule has 0 saturated carbocycles. The van der Waals surface area contributed by atoms with E-state index in [1.165, 1.54) is 11.9 Å². The lowest BCUT2D eigenvalue weighted by atomic mass is 10.1. The SMILES string of the molecule is COc1cc(C)cc2cc(-c3cc(CNC4COC4)n4ncnc(N)c34)sc12. The van der Waals surface area contributed by atoms with Crippen LogP contribution in [0.25, 0.3) is 26.0 Å². The minimum Gasteiger partial charge on any atom is -0.495 e. The van der Waals surface area contributed by atoms with Gasteiger partial charge in [0.1, 0.15) is 17.6 Å². The van der Waals surface area contributed by atoms with E-state index in [-0.39, 0.29) is 0 Å². The number of nitrogens with one attached hydrogen (secondary N) is 1. The number of nitrogens with two attached hydrogens (primary N) is 1. The van der Waals surface area contributed by atoms with Crippen LogP contribution in [0, 0.1) is 6.92 Å². The van der Waals surface area contributed by atoms with Crippen molar-refractivity contribution in [3.05, 3.63) is 41.9 Å². The molecule has 0 bridgehead atoms. The Hall–Kier alpha value is -2.68. The van der Waals surface area contributed by atoms with E-state index in [2.05, 4.69) is 46.6 Å². The minimum absolute atomic E-state index is 0.393. The first-order chi connectivity index (χ1) is 13.6. The molecule has 1 aromatic carbocycles. The Balaban J connectivity index is 1.64.